The van der Waals surface area contributed by atoms with Gasteiger partial charge in [-0.25, -0.2) is 9.78 Å². The number of nitrogens with zero attached hydrogens (tertiary/aromatic N) is 2. The molecule has 1 aliphatic carbocycles. The highest BCUT2D eigenvalue weighted by atomic mass is 32.1. The van der Waals surface area contributed by atoms with Gasteiger partial charge in [0.2, 0.25) is 5.91 Å². The average Bonchev–Trinajstić information content (AvgIpc) is 3.18. The maximum absolute atomic E-state index is 12.8. The zero-order valence-corrected chi connectivity index (χ0v) is 18.9. The zero-order valence-electron chi connectivity index (χ0n) is 18.1. The van der Waals surface area contributed by atoms with Crippen molar-refractivity contribution in [3.8, 4) is 11.5 Å². The van der Waals surface area contributed by atoms with E-state index in [1.807, 2.05) is 0 Å². The lowest BCUT2D eigenvalue weighted by molar-refractivity contribution is -0.130. The summed E-state index contributed by atoms with van der Waals surface area (Å²) in [7, 11) is 3.05. The smallest absolute Gasteiger partial charge is 0.325 e. The summed E-state index contributed by atoms with van der Waals surface area (Å²) in [5.74, 6) is 0.285. The molecular weight excluding hydrogens is 432 g/mol. The molecule has 0 saturated carbocycles. The van der Waals surface area contributed by atoms with Crippen LogP contribution in [-0.2, 0) is 29.0 Å². The van der Waals surface area contributed by atoms with Crippen LogP contribution in [0.25, 0.3) is 0 Å². The largest absolute Gasteiger partial charge is 0.493 e. The van der Waals surface area contributed by atoms with Crippen LogP contribution in [0.4, 0.5) is 9.93 Å². The molecule has 170 valence electrons. The van der Waals surface area contributed by atoms with E-state index in [1.165, 1.54) is 36.9 Å². The molecule has 1 fully saturated rings. The second-order valence-electron chi connectivity index (χ2n) is 7.82. The summed E-state index contributed by atoms with van der Waals surface area (Å²) in [6.45, 7) is 0.0718. The molecule has 0 spiro atoms. The number of anilines is 1. The predicted octanol–water partition coefficient (Wildman–Crippen LogP) is 2.88. The van der Waals surface area contributed by atoms with E-state index >= 15 is 0 Å². The zero-order chi connectivity index (χ0) is 22.7. The molecule has 1 saturated heterocycles. The minimum atomic E-state index is -0.902. The van der Waals surface area contributed by atoms with Crippen LogP contribution in [0.15, 0.2) is 18.2 Å². The summed E-state index contributed by atoms with van der Waals surface area (Å²) in [6.07, 6.45) is 5.24. The first kappa shape index (κ1) is 22.1. The SMILES string of the molecule is COc1ccc(CN2C(=O)N[C@@H](CC(=O)Nc3nc4c(s3)CCCCC4)C2=O)cc1OC. The number of thiazole rings is 1. The molecule has 1 atom stereocenters. The van der Waals surface area contributed by atoms with Gasteiger partial charge in [-0.05, 0) is 43.4 Å². The number of imide groups is 1. The summed E-state index contributed by atoms with van der Waals surface area (Å²) in [5.41, 5.74) is 1.77. The van der Waals surface area contributed by atoms with Crippen molar-refractivity contribution in [1.82, 2.24) is 15.2 Å². The molecule has 32 heavy (non-hydrogen) atoms. The van der Waals surface area contributed by atoms with Gasteiger partial charge >= 0.3 is 6.03 Å². The number of fused-ring (bicyclic) bond motifs is 1. The summed E-state index contributed by atoms with van der Waals surface area (Å²) in [5, 5.41) is 5.95. The van der Waals surface area contributed by atoms with Crippen LogP contribution in [0.3, 0.4) is 0 Å². The lowest BCUT2D eigenvalue weighted by Crippen LogP contribution is -2.34. The van der Waals surface area contributed by atoms with Gasteiger partial charge < -0.3 is 20.1 Å². The number of nitrogens with one attached hydrogen (secondary N) is 2. The van der Waals surface area contributed by atoms with Crippen LogP contribution in [0.1, 0.15) is 41.8 Å². The molecule has 1 aromatic heterocycles. The molecule has 0 bridgehead atoms. The molecule has 4 amide bonds. The standard InChI is InChI=1S/C22H26N4O5S/c1-30-16-9-8-13(10-17(16)31-2)12-26-20(28)15(24-22(26)29)11-19(27)25-21-23-14-6-4-3-5-7-18(14)32-21/h8-10,15H,3-7,11-12H2,1-2H3,(H,24,29)(H,23,25,27)/t15-/m0/s1. The van der Waals surface area contributed by atoms with Gasteiger partial charge in [-0.15, -0.1) is 11.3 Å². The molecule has 9 nitrogen and oxygen atoms in total. The van der Waals surface area contributed by atoms with E-state index in [0.717, 1.165) is 36.3 Å². The molecular formula is C22H26N4O5S. The van der Waals surface area contributed by atoms with Crippen LogP contribution in [0.2, 0.25) is 0 Å². The highest BCUT2D eigenvalue weighted by molar-refractivity contribution is 7.15. The van der Waals surface area contributed by atoms with E-state index in [1.54, 1.807) is 18.2 Å². The van der Waals surface area contributed by atoms with Crippen molar-refractivity contribution in [1.29, 1.82) is 0 Å². The Morgan fingerprint density at radius 2 is 1.97 bits per heavy atom. The lowest BCUT2D eigenvalue weighted by atomic mass is 10.1. The van der Waals surface area contributed by atoms with Crippen LogP contribution in [0, 0.1) is 0 Å². The maximum Gasteiger partial charge on any atom is 0.325 e. The predicted molar refractivity (Wildman–Crippen MR) is 119 cm³/mol. The van der Waals surface area contributed by atoms with Crippen molar-refractivity contribution >= 4 is 34.3 Å². The van der Waals surface area contributed by atoms with Crippen molar-refractivity contribution in [2.24, 2.45) is 0 Å². The Morgan fingerprint density at radius 3 is 2.75 bits per heavy atom. The molecule has 0 unspecified atom stereocenters. The Hall–Kier alpha value is -3.14. The van der Waals surface area contributed by atoms with Crippen molar-refractivity contribution in [3.63, 3.8) is 0 Å². The quantitative estimate of drug-likeness (QED) is 0.488. The lowest BCUT2D eigenvalue weighted by Gasteiger charge is -2.15. The number of urea groups is 1. The van der Waals surface area contributed by atoms with Gasteiger partial charge in [0, 0.05) is 4.88 Å². The number of rotatable bonds is 7. The Labute approximate surface area is 190 Å². The summed E-state index contributed by atoms with van der Waals surface area (Å²) >= 11 is 1.50. The average molecular weight is 459 g/mol. The second-order valence-corrected chi connectivity index (χ2v) is 8.90. The normalized spacial score (nSPS) is 18.1. The third-order valence-corrected chi connectivity index (χ3v) is 6.70. The van der Waals surface area contributed by atoms with Gasteiger partial charge in [0.1, 0.15) is 6.04 Å². The summed E-state index contributed by atoms with van der Waals surface area (Å²) in [4.78, 5) is 44.5. The fourth-order valence-corrected chi connectivity index (χ4v) is 5.03. The Bertz CT molecular complexity index is 1010. The minimum Gasteiger partial charge on any atom is -0.493 e. The number of hydrogen-bond donors (Lipinski definition) is 2. The third-order valence-electron chi connectivity index (χ3n) is 5.63. The van der Waals surface area contributed by atoms with Gasteiger partial charge in [-0.2, -0.15) is 0 Å². The van der Waals surface area contributed by atoms with Gasteiger partial charge in [0.05, 0.1) is 32.9 Å². The van der Waals surface area contributed by atoms with Crippen molar-refractivity contribution < 1.29 is 23.9 Å². The molecule has 1 aromatic carbocycles. The number of benzene rings is 1. The Morgan fingerprint density at radius 1 is 1.19 bits per heavy atom. The number of amides is 4. The van der Waals surface area contributed by atoms with E-state index in [2.05, 4.69) is 15.6 Å². The molecule has 2 heterocycles. The maximum atomic E-state index is 12.8. The molecule has 4 rings (SSSR count). The van der Waals surface area contributed by atoms with Crippen LogP contribution in [-0.4, -0.2) is 48.0 Å². The summed E-state index contributed by atoms with van der Waals surface area (Å²) in [6, 6.07) is 3.76. The van der Waals surface area contributed by atoms with Crippen molar-refractivity contribution in [3.05, 3.63) is 34.3 Å². The molecule has 2 aliphatic rings. The van der Waals surface area contributed by atoms with Crippen molar-refractivity contribution in [2.45, 2.75) is 51.1 Å². The first-order valence-corrected chi connectivity index (χ1v) is 11.4. The number of hydrogen-bond acceptors (Lipinski definition) is 7. The van der Waals surface area contributed by atoms with Crippen LogP contribution in [0.5, 0.6) is 11.5 Å². The van der Waals surface area contributed by atoms with Gasteiger partial charge in [-0.3, -0.25) is 14.5 Å². The van der Waals surface area contributed by atoms with Crippen LogP contribution < -0.4 is 20.1 Å². The third kappa shape index (κ3) is 4.69. The highest BCUT2D eigenvalue weighted by Gasteiger charge is 2.39. The Kier molecular flexibility index (Phi) is 6.59. The number of aromatic nitrogens is 1. The number of aryl methyl sites for hydroxylation is 2. The second kappa shape index (κ2) is 9.56. The molecule has 10 heteroatoms. The van der Waals surface area contributed by atoms with E-state index in [0.29, 0.717) is 22.2 Å². The van der Waals surface area contributed by atoms with E-state index in [9.17, 15) is 14.4 Å². The van der Waals surface area contributed by atoms with Crippen LogP contribution >= 0.6 is 11.3 Å². The number of ether oxygens (including phenoxy) is 2. The van der Waals surface area contributed by atoms with E-state index in [4.69, 9.17) is 9.47 Å². The molecule has 1 aliphatic heterocycles. The van der Waals surface area contributed by atoms with E-state index in [-0.39, 0.29) is 18.9 Å². The van der Waals surface area contributed by atoms with Gasteiger partial charge in [-0.1, -0.05) is 12.5 Å². The van der Waals surface area contributed by atoms with E-state index < -0.39 is 18.0 Å². The topological polar surface area (TPSA) is 110 Å². The van der Waals surface area contributed by atoms with Gasteiger partial charge in [0.15, 0.2) is 16.6 Å². The highest BCUT2D eigenvalue weighted by Crippen LogP contribution is 2.30. The first-order valence-electron chi connectivity index (χ1n) is 10.6. The monoisotopic (exact) mass is 458 g/mol. The molecule has 0 radical (unpaired) electrons. The number of carbonyl (C=O) groups excluding carboxylic acids is 3. The fourth-order valence-electron chi connectivity index (χ4n) is 3.96. The number of carbonyl (C=O) groups is 3. The van der Waals surface area contributed by atoms with Crippen molar-refractivity contribution in [2.75, 3.05) is 19.5 Å². The van der Waals surface area contributed by atoms with Gasteiger partial charge in [0.25, 0.3) is 5.91 Å². The molecule has 2 N–H and O–H groups in total. The number of methoxy groups -OCH3 is 2. The Balaban J connectivity index is 1.37. The summed E-state index contributed by atoms with van der Waals surface area (Å²) < 4.78 is 10.5. The minimum absolute atomic E-state index is 0.0718. The fraction of sp³-hybridized carbons (Fsp3) is 0.455. The molecule has 2 aromatic rings. The first-order chi connectivity index (χ1) is 15.5.